The van der Waals surface area contributed by atoms with Gasteiger partial charge in [-0.1, -0.05) is 0 Å². The normalized spacial score (nSPS) is 0. The van der Waals surface area contributed by atoms with Gasteiger partial charge in [-0.05, 0) is 0 Å². The van der Waals surface area contributed by atoms with Crippen LogP contribution in [-0.4, -0.2) is 0 Å². The number of hydrogen-bond acceptors (Lipinski definition) is 0. The summed E-state index contributed by atoms with van der Waals surface area (Å²) in [6.07, 6.45) is 0. The molecule has 4 heteroatoms. The van der Waals surface area contributed by atoms with Crippen molar-refractivity contribution in [1.29, 1.82) is 0 Å². The molecule has 0 aliphatic carbocycles. The zero-order valence-electron chi connectivity index (χ0n) is 2.26. The molecule has 17 valence electrons. The molecule has 0 bridgehead atoms. The minimum Gasteiger partial charge on any atom is -1.00 e. The Hall–Kier alpha value is 3.40. The van der Waals surface area contributed by atoms with Gasteiger partial charge in [-0.15, -0.1) is 0 Å². The van der Waals surface area contributed by atoms with E-state index in [9.17, 15) is 0 Å². The molecular formula is CeClINa+2. The first-order valence-electron chi connectivity index (χ1n) is 0. The van der Waals surface area contributed by atoms with E-state index < -0.39 is 0 Å². The van der Waals surface area contributed by atoms with Crippen molar-refractivity contribution in [2.24, 2.45) is 0 Å². The third-order valence-corrected chi connectivity index (χ3v) is 0. The Bertz CT molecular complexity index is 8.00. The maximum Gasteiger partial charge on any atom is 3.00 e. The molecule has 0 spiro atoms. The van der Waals surface area contributed by atoms with Gasteiger partial charge in [0.05, 0.1) is 0 Å². The average molecular weight is 325 g/mol. The van der Waals surface area contributed by atoms with E-state index in [1.165, 1.54) is 0 Å². The minimum absolute atomic E-state index is 0. The molecule has 0 amide bonds. The Morgan fingerprint density at radius 2 is 1.00 bits per heavy atom. The van der Waals surface area contributed by atoms with Crippen molar-refractivity contribution in [3.63, 3.8) is 0 Å². The van der Waals surface area contributed by atoms with Gasteiger partial charge in [-0.2, -0.15) is 0 Å². The van der Waals surface area contributed by atoms with Crippen LogP contribution < -0.4 is 65.9 Å². The van der Waals surface area contributed by atoms with Crippen LogP contribution in [0.1, 0.15) is 0 Å². The van der Waals surface area contributed by atoms with Gasteiger partial charge < -0.3 is 36.4 Å². The summed E-state index contributed by atoms with van der Waals surface area (Å²) in [5.74, 6) is 0. The summed E-state index contributed by atoms with van der Waals surface area (Å²) in [4.78, 5) is 0. The van der Waals surface area contributed by atoms with E-state index in [1.54, 1.807) is 0 Å². The van der Waals surface area contributed by atoms with Crippen molar-refractivity contribution in [2.45, 2.75) is 0 Å². The van der Waals surface area contributed by atoms with Crippen LogP contribution in [0, 0.1) is 41.7 Å². The molecule has 0 rings (SSSR count). The summed E-state index contributed by atoms with van der Waals surface area (Å²) in [5.41, 5.74) is 0. The second-order valence-electron chi connectivity index (χ2n) is 0. The summed E-state index contributed by atoms with van der Waals surface area (Å²) in [6, 6.07) is 0. The van der Waals surface area contributed by atoms with Gasteiger partial charge in [0.25, 0.3) is 0 Å². The van der Waals surface area contributed by atoms with Gasteiger partial charge >= 0.3 is 71.3 Å². The predicted octanol–water partition coefficient (Wildman–Crippen LogP) is -8.99. The fraction of sp³-hybridized carbons (Fsp3) is 0. The van der Waals surface area contributed by atoms with Crippen molar-refractivity contribution in [3.05, 3.63) is 0 Å². The third kappa shape index (κ3) is 9.04. The van der Waals surface area contributed by atoms with Crippen LogP contribution in [-0.2, 0) is 0 Å². The van der Waals surface area contributed by atoms with E-state index in [4.69, 9.17) is 0 Å². The van der Waals surface area contributed by atoms with E-state index in [2.05, 4.69) is 0 Å². The van der Waals surface area contributed by atoms with Gasteiger partial charge in [-0.25, -0.2) is 0 Å². The Balaban J connectivity index is 0. The summed E-state index contributed by atoms with van der Waals surface area (Å²) < 4.78 is 0. The van der Waals surface area contributed by atoms with Crippen molar-refractivity contribution in [3.8, 4) is 0 Å². The van der Waals surface area contributed by atoms with E-state index >= 15 is 0 Å². The topological polar surface area (TPSA) is 0 Å². The van der Waals surface area contributed by atoms with Crippen LogP contribution in [0.4, 0.5) is 0 Å². The fourth-order valence-electron chi connectivity index (χ4n) is 0. The van der Waals surface area contributed by atoms with E-state index in [0.29, 0.717) is 0 Å². The van der Waals surface area contributed by atoms with Crippen LogP contribution in [0.15, 0.2) is 0 Å². The molecule has 0 saturated heterocycles. The van der Waals surface area contributed by atoms with Crippen LogP contribution in [0.25, 0.3) is 0 Å². The van der Waals surface area contributed by atoms with Crippen LogP contribution >= 0.6 is 0 Å². The first kappa shape index (κ1) is 26.2. The van der Waals surface area contributed by atoms with Crippen molar-refractivity contribution >= 4 is 0 Å². The van der Waals surface area contributed by atoms with Crippen molar-refractivity contribution in [1.82, 2.24) is 0 Å². The first-order valence-corrected chi connectivity index (χ1v) is 0. The minimum atomic E-state index is 0. The number of rotatable bonds is 0. The average Bonchev–Trinajstić information content (AvgIpc) is 0. The van der Waals surface area contributed by atoms with Gasteiger partial charge in [0.2, 0.25) is 0 Å². The molecule has 0 aliphatic heterocycles. The molecule has 0 fully saturated rings. The smallest absolute Gasteiger partial charge is 1.00 e. The maximum absolute atomic E-state index is 0. The zero-order chi connectivity index (χ0) is 0. The van der Waals surface area contributed by atoms with Crippen molar-refractivity contribution in [2.75, 3.05) is 0 Å². The molecule has 0 saturated carbocycles. The molecule has 0 aliphatic rings. The number of hydrogen-bond donors (Lipinski definition) is 0. The third-order valence-electron chi connectivity index (χ3n) is 0. The van der Waals surface area contributed by atoms with Crippen LogP contribution in [0.2, 0.25) is 0 Å². The second-order valence-corrected chi connectivity index (χ2v) is 0. The quantitative estimate of drug-likeness (QED) is 0.307. The maximum atomic E-state index is 0. The second kappa shape index (κ2) is 16.1. The molecule has 0 atom stereocenters. The molecule has 0 unspecified atom stereocenters. The fourth-order valence-corrected chi connectivity index (χ4v) is 0. The molecule has 0 aromatic heterocycles. The predicted molar refractivity (Wildman–Crippen MR) is 0 cm³/mol. The Labute approximate surface area is 105 Å². The standard InChI is InChI=1S/Ce.ClH.HI.Na/h;2*1H;/q+3;;;+1/p-2. The summed E-state index contributed by atoms with van der Waals surface area (Å²) in [7, 11) is 0. The Morgan fingerprint density at radius 3 is 1.00 bits per heavy atom. The van der Waals surface area contributed by atoms with Gasteiger partial charge in [0.1, 0.15) is 0 Å². The summed E-state index contributed by atoms with van der Waals surface area (Å²) in [6.45, 7) is 0. The summed E-state index contributed by atoms with van der Waals surface area (Å²) >= 11 is 0. The molecule has 0 N–H and O–H groups in total. The molecule has 0 nitrogen and oxygen atoms in total. The largest absolute Gasteiger partial charge is 3.00 e. The molecule has 4 heavy (non-hydrogen) atoms. The van der Waals surface area contributed by atoms with E-state index in [-0.39, 0.29) is 108 Å². The van der Waals surface area contributed by atoms with E-state index in [0.717, 1.165) is 0 Å². The van der Waals surface area contributed by atoms with E-state index in [1.807, 2.05) is 0 Å². The van der Waals surface area contributed by atoms with Crippen LogP contribution in [0.3, 0.4) is 0 Å². The van der Waals surface area contributed by atoms with Gasteiger partial charge in [0.15, 0.2) is 0 Å². The van der Waals surface area contributed by atoms with Crippen LogP contribution in [0.5, 0.6) is 0 Å². The van der Waals surface area contributed by atoms with Gasteiger partial charge in [0, 0.05) is 0 Å². The number of halogens is 2. The first-order chi connectivity index (χ1) is 0. The molecule has 0 aromatic carbocycles. The Morgan fingerprint density at radius 1 is 1.00 bits per heavy atom. The zero-order valence-corrected chi connectivity index (χ0v) is 10.3. The molecular weight excluding hydrogens is 325 g/mol. The summed E-state index contributed by atoms with van der Waals surface area (Å²) in [5, 5.41) is 0. The molecule has 0 heterocycles. The van der Waals surface area contributed by atoms with Crippen molar-refractivity contribution < 1.29 is 108 Å². The van der Waals surface area contributed by atoms with Gasteiger partial charge in [-0.3, -0.25) is 0 Å². The molecule has 0 aromatic rings. The SMILES string of the molecule is [Ce+3].[Cl-].[I-].[Na+]. The molecule has 1 radical (unpaired) electrons. The Kier molecular flexibility index (Phi) is 106. The monoisotopic (exact) mass is 325 g/mol.